The van der Waals surface area contributed by atoms with E-state index in [1.165, 1.54) is 0 Å². The van der Waals surface area contributed by atoms with E-state index in [2.05, 4.69) is 0 Å². The van der Waals surface area contributed by atoms with Crippen molar-refractivity contribution in [3.63, 3.8) is 0 Å². The van der Waals surface area contributed by atoms with Gasteiger partial charge in [-0.25, -0.2) is 0 Å². The van der Waals surface area contributed by atoms with Crippen LogP contribution in [0.5, 0.6) is 0 Å². The van der Waals surface area contributed by atoms with Gasteiger partial charge in [0.15, 0.2) is 0 Å². The van der Waals surface area contributed by atoms with Crippen molar-refractivity contribution in [3.05, 3.63) is 11.6 Å². The lowest BCUT2D eigenvalue weighted by atomic mass is 10.2. The maximum Gasteiger partial charge on any atom is 0.0679 e. The highest BCUT2D eigenvalue weighted by Crippen LogP contribution is 1.97. The molecule has 12 heavy (non-hydrogen) atoms. The third-order valence-electron chi connectivity index (χ3n) is 0.889. The topological polar surface area (TPSA) is 120 Å². The zero-order valence-electron chi connectivity index (χ0n) is 5.73. The van der Waals surface area contributed by atoms with Crippen molar-refractivity contribution < 1.29 is 29.7 Å². The third-order valence-corrected chi connectivity index (χ3v) is 0.889. The minimum atomic E-state index is -1.87. The van der Waals surface area contributed by atoms with Crippen LogP contribution < -0.4 is 15.3 Å². The largest absolute Gasteiger partial charge is 0.550 e. The highest BCUT2D eigenvalue weighted by Gasteiger charge is 1.98. The van der Waals surface area contributed by atoms with Gasteiger partial charge in [0.1, 0.15) is 0 Å². The first kappa shape index (κ1) is 10.2. The fourth-order valence-electron chi connectivity index (χ4n) is 0.480. The van der Waals surface area contributed by atoms with Crippen molar-refractivity contribution >= 4 is 17.9 Å². The molecule has 6 nitrogen and oxygen atoms in total. The van der Waals surface area contributed by atoms with E-state index >= 15 is 0 Å². The van der Waals surface area contributed by atoms with Crippen LogP contribution >= 0.6 is 0 Å². The first-order valence-corrected chi connectivity index (χ1v) is 2.76. The van der Waals surface area contributed by atoms with Gasteiger partial charge in [0.05, 0.1) is 11.9 Å². The van der Waals surface area contributed by atoms with Gasteiger partial charge in [-0.05, 0) is 11.6 Å². The van der Waals surface area contributed by atoms with Crippen molar-refractivity contribution in [2.75, 3.05) is 0 Å². The number of carboxylic acid groups (broad SMARTS) is 3. The second-order valence-electron chi connectivity index (χ2n) is 1.82. The number of carboxylic acids is 3. The molecule has 6 heteroatoms. The van der Waals surface area contributed by atoms with Gasteiger partial charge in [0, 0.05) is 12.4 Å². The summed E-state index contributed by atoms with van der Waals surface area (Å²) in [6, 6.07) is 0. The lowest BCUT2D eigenvalue weighted by Gasteiger charge is -2.09. The molecule has 0 fully saturated rings. The van der Waals surface area contributed by atoms with E-state index in [1.54, 1.807) is 0 Å². The molecule has 0 spiro atoms. The monoisotopic (exact) mass is 171 g/mol. The fourth-order valence-corrected chi connectivity index (χ4v) is 0.480. The molecule has 0 aromatic heterocycles. The Morgan fingerprint density at radius 3 is 1.83 bits per heavy atom. The van der Waals surface area contributed by atoms with Gasteiger partial charge in [-0.2, -0.15) is 0 Å². The molecular formula is C6H3O6-3. The number of rotatable bonds is 4. The zero-order valence-corrected chi connectivity index (χ0v) is 5.73. The Hall–Kier alpha value is -1.85. The van der Waals surface area contributed by atoms with Crippen LogP contribution in [0.3, 0.4) is 0 Å². The summed E-state index contributed by atoms with van der Waals surface area (Å²) in [5, 5.41) is 29.7. The molecule has 0 aliphatic heterocycles. The van der Waals surface area contributed by atoms with Gasteiger partial charge in [-0.1, -0.05) is 0 Å². The van der Waals surface area contributed by atoms with Crippen LogP contribution in [0.4, 0.5) is 0 Å². The van der Waals surface area contributed by atoms with Crippen molar-refractivity contribution in [2.24, 2.45) is 0 Å². The summed E-state index contributed by atoms with van der Waals surface area (Å²) in [5.41, 5.74) is -0.894. The van der Waals surface area contributed by atoms with E-state index in [4.69, 9.17) is 0 Å². The van der Waals surface area contributed by atoms with Crippen LogP contribution in [-0.4, -0.2) is 17.9 Å². The normalized spacial score (nSPS) is 10.8. The molecular weight excluding hydrogens is 168 g/mol. The van der Waals surface area contributed by atoms with E-state index < -0.39 is 29.9 Å². The predicted octanol–water partition coefficient (Wildman–Crippen LogP) is -4.45. The molecule has 0 amide bonds. The molecule has 0 rings (SSSR count). The second-order valence-corrected chi connectivity index (χ2v) is 1.82. The lowest BCUT2D eigenvalue weighted by molar-refractivity contribution is -0.310. The molecule has 0 saturated heterocycles. The Labute approximate surface area is 66.7 Å². The van der Waals surface area contributed by atoms with Crippen molar-refractivity contribution in [2.45, 2.75) is 6.42 Å². The molecule has 0 aromatic carbocycles. The highest BCUT2D eigenvalue weighted by atomic mass is 16.4. The Morgan fingerprint density at radius 2 is 1.58 bits per heavy atom. The maximum atomic E-state index is 10.0. The van der Waals surface area contributed by atoms with Crippen LogP contribution in [0, 0.1) is 0 Å². The highest BCUT2D eigenvalue weighted by molar-refractivity contribution is 5.96. The summed E-state index contributed by atoms with van der Waals surface area (Å²) in [7, 11) is 0. The Morgan fingerprint density at radius 1 is 1.08 bits per heavy atom. The van der Waals surface area contributed by atoms with E-state index in [0.717, 1.165) is 0 Å². The van der Waals surface area contributed by atoms with Crippen LogP contribution in [0.15, 0.2) is 11.6 Å². The number of hydrogen-bond donors (Lipinski definition) is 0. The Balaban J connectivity index is 4.55. The Kier molecular flexibility index (Phi) is 3.48. The Bertz CT molecular complexity index is 251. The number of carbonyl (C=O) groups excluding carboxylic acids is 3. The van der Waals surface area contributed by atoms with Gasteiger partial charge in [0.25, 0.3) is 0 Å². The summed E-state index contributed by atoms with van der Waals surface area (Å²) >= 11 is 0. The molecule has 0 atom stereocenters. The predicted molar refractivity (Wildman–Crippen MR) is 27.7 cm³/mol. The maximum absolute atomic E-state index is 10.0. The number of aliphatic carboxylic acids is 3. The molecule has 0 aliphatic carbocycles. The van der Waals surface area contributed by atoms with Crippen molar-refractivity contribution in [3.8, 4) is 0 Å². The molecule has 0 saturated carbocycles. The van der Waals surface area contributed by atoms with E-state index in [-0.39, 0.29) is 6.08 Å². The number of hydrogen-bond acceptors (Lipinski definition) is 6. The molecule has 0 N–H and O–H groups in total. The summed E-state index contributed by atoms with van der Waals surface area (Å²) < 4.78 is 0. The van der Waals surface area contributed by atoms with Crippen LogP contribution in [0.1, 0.15) is 6.42 Å². The van der Waals surface area contributed by atoms with Crippen molar-refractivity contribution in [1.29, 1.82) is 0 Å². The molecule has 0 aromatic rings. The SMILES string of the molecule is O=C([O-])C=C(CC(=O)[O-])C(=O)[O-]. The smallest absolute Gasteiger partial charge is 0.0679 e. The summed E-state index contributed by atoms with van der Waals surface area (Å²) in [4.78, 5) is 29.7. The average molecular weight is 171 g/mol. The molecule has 66 valence electrons. The van der Waals surface area contributed by atoms with E-state index in [1.807, 2.05) is 0 Å². The summed E-state index contributed by atoms with van der Waals surface area (Å²) in [5.74, 6) is -5.37. The van der Waals surface area contributed by atoms with Gasteiger partial charge in [0.2, 0.25) is 0 Å². The van der Waals surface area contributed by atoms with Crippen molar-refractivity contribution in [1.82, 2.24) is 0 Å². The third kappa shape index (κ3) is 4.04. The first-order valence-electron chi connectivity index (χ1n) is 2.76. The second kappa shape index (κ2) is 4.12. The number of carbonyl (C=O) groups is 3. The van der Waals surface area contributed by atoms with E-state index in [9.17, 15) is 29.7 Å². The molecule has 0 radical (unpaired) electrons. The summed E-state index contributed by atoms with van der Waals surface area (Å²) in [6.07, 6.45) is -0.874. The fraction of sp³-hybridized carbons (Fsp3) is 0.167. The van der Waals surface area contributed by atoms with E-state index in [0.29, 0.717) is 0 Å². The molecule has 0 bridgehead atoms. The van der Waals surface area contributed by atoms with Gasteiger partial charge in [-0.15, -0.1) is 0 Å². The summed E-state index contributed by atoms with van der Waals surface area (Å²) in [6.45, 7) is 0. The van der Waals surface area contributed by atoms with Gasteiger partial charge in [-0.3, -0.25) is 0 Å². The quantitative estimate of drug-likeness (QED) is 0.393. The standard InChI is InChI=1S/C6H6O6/c7-4(8)1-3(6(11)12)2-5(9)10/h1H,2H2,(H,7,8)(H,9,10)(H,11,12)/p-3. The van der Waals surface area contributed by atoms with Crippen LogP contribution in [0.25, 0.3) is 0 Å². The first-order chi connectivity index (χ1) is 5.43. The lowest BCUT2D eigenvalue weighted by Crippen LogP contribution is -2.32. The molecule has 0 aliphatic rings. The minimum Gasteiger partial charge on any atom is -0.550 e. The minimum absolute atomic E-state index is 0.144. The van der Waals surface area contributed by atoms with Crippen LogP contribution in [0.2, 0.25) is 0 Å². The average Bonchev–Trinajstić information content (AvgIpc) is 1.83. The van der Waals surface area contributed by atoms with Crippen LogP contribution in [-0.2, 0) is 14.4 Å². The molecule has 0 heterocycles. The van der Waals surface area contributed by atoms with Gasteiger partial charge >= 0.3 is 0 Å². The zero-order chi connectivity index (χ0) is 9.72. The van der Waals surface area contributed by atoms with Gasteiger partial charge < -0.3 is 29.7 Å². The molecule has 0 unspecified atom stereocenters.